The summed E-state index contributed by atoms with van der Waals surface area (Å²) in [5, 5.41) is 11.5. The van der Waals surface area contributed by atoms with E-state index in [1.165, 1.54) is 4.90 Å². The first kappa shape index (κ1) is 23.1. The van der Waals surface area contributed by atoms with Crippen LogP contribution in [0.5, 0.6) is 0 Å². The minimum absolute atomic E-state index is 0.000545. The molecule has 2 heterocycles. The van der Waals surface area contributed by atoms with E-state index in [1.807, 2.05) is 39.9 Å². The topological polar surface area (TPSA) is 109 Å². The van der Waals surface area contributed by atoms with Gasteiger partial charge in [0.1, 0.15) is 0 Å². The highest BCUT2D eigenvalue weighted by molar-refractivity contribution is 5.83. The SMILES string of the molecule is CC(C)[C@H]1c2nc(-c3ccccc3)nn2CCN1C(=O)CCC(=O)N(C)C.O=CO. The summed E-state index contributed by atoms with van der Waals surface area (Å²) >= 11 is 0. The fraction of sp³-hybridized carbons (Fsp3) is 0.476. The molecule has 0 radical (unpaired) electrons. The summed E-state index contributed by atoms with van der Waals surface area (Å²) in [6.07, 6.45) is 0.453. The zero-order valence-corrected chi connectivity index (χ0v) is 17.9. The molecule has 0 saturated carbocycles. The molecule has 2 amide bonds. The van der Waals surface area contributed by atoms with Crippen LogP contribution in [0.4, 0.5) is 0 Å². The largest absolute Gasteiger partial charge is 0.483 e. The standard InChI is InChI=1S/C20H27N5O2.CH2O2/c1-14(2)18-20-21-19(15-8-6-5-7-9-15)22-25(20)13-12-24(18)17(27)11-10-16(26)23(3)4;2-1-3/h5-9,14,18H,10-13H2,1-4H3;1H,(H,2,3)/t18-;/m0./s1. The smallest absolute Gasteiger partial charge is 0.290 e. The Morgan fingerprint density at radius 3 is 2.40 bits per heavy atom. The maximum atomic E-state index is 12.8. The van der Waals surface area contributed by atoms with Crippen molar-refractivity contribution in [2.75, 3.05) is 20.6 Å². The molecular formula is C21H29N5O4. The van der Waals surface area contributed by atoms with Gasteiger partial charge in [-0.1, -0.05) is 44.2 Å². The van der Waals surface area contributed by atoms with Gasteiger partial charge in [0.2, 0.25) is 11.8 Å². The van der Waals surface area contributed by atoms with Crippen molar-refractivity contribution in [1.29, 1.82) is 0 Å². The summed E-state index contributed by atoms with van der Waals surface area (Å²) in [6.45, 7) is 5.12. The maximum Gasteiger partial charge on any atom is 0.290 e. The van der Waals surface area contributed by atoms with E-state index in [9.17, 15) is 9.59 Å². The first-order valence-electron chi connectivity index (χ1n) is 9.87. The first-order valence-corrected chi connectivity index (χ1v) is 9.87. The number of amides is 2. The van der Waals surface area contributed by atoms with E-state index in [0.29, 0.717) is 18.9 Å². The number of carboxylic acid groups (broad SMARTS) is 1. The van der Waals surface area contributed by atoms with E-state index in [0.717, 1.165) is 11.4 Å². The van der Waals surface area contributed by atoms with E-state index < -0.39 is 0 Å². The Morgan fingerprint density at radius 2 is 1.83 bits per heavy atom. The van der Waals surface area contributed by atoms with Gasteiger partial charge >= 0.3 is 0 Å². The molecule has 2 aromatic rings. The van der Waals surface area contributed by atoms with E-state index >= 15 is 0 Å². The summed E-state index contributed by atoms with van der Waals surface area (Å²) in [6, 6.07) is 9.74. The average Bonchev–Trinajstić information content (AvgIpc) is 3.16. The second-order valence-electron chi connectivity index (χ2n) is 7.55. The summed E-state index contributed by atoms with van der Waals surface area (Å²) in [5.74, 6) is 1.68. The van der Waals surface area contributed by atoms with Crippen molar-refractivity contribution < 1.29 is 19.5 Å². The van der Waals surface area contributed by atoms with E-state index in [2.05, 4.69) is 18.9 Å². The van der Waals surface area contributed by atoms with Crippen molar-refractivity contribution in [2.24, 2.45) is 5.92 Å². The predicted octanol–water partition coefficient (Wildman–Crippen LogP) is 2.05. The molecule has 1 aromatic carbocycles. The molecule has 0 spiro atoms. The summed E-state index contributed by atoms with van der Waals surface area (Å²) in [7, 11) is 3.41. The number of hydrogen-bond donors (Lipinski definition) is 1. The quantitative estimate of drug-likeness (QED) is 0.749. The number of rotatable bonds is 5. The molecule has 162 valence electrons. The highest BCUT2D eigenvalue weighted by Crippen LogP contribution is 2.32. The van der Waals surface area contributed by atoms with Crippen LogP contribution in [0.3, 0.4) is 0 Å². The number of hydrogen-bond acceptors (Lipinski definition) is 5. The number of carbonyl (C=O) groups excluding carboxylic acids is 2. The number of aromatic nitrogens is 3. The maximum absolute atomic E-state index is 12.8. The molecular weight excluding hydrogens is 386 g/mol. The van der Waals surface area contributed by atoms with Crippen molar-refractivity contribution >= 4 is 18.3 Å². The second kappa shape index (κ2) is 10.5. The third-order valence-corrected chi connectivity index (χ3v) is 4.89. The van der Waals surface area contributed by atoms with Gasteiger partial charge in [-0.3, -0.25) is 14.4 Å². The Kier molecular flexibility index (Phi) is 8.08. The molecule has 0 unspecified atom stereocenters. The monoisotopic (exact) mass is 415 g/mol. The molecule has 1 aliphatic rings. The van der Waals surface area contributed by atoms with Gasteiger partial charge in [0, 0.05) is 39.0 Å². The van der Waals surface area contributed by atoms with Gasteiger partial charge in [0.15, 0.2) is 11.6 Å². The Morgan fingerprint density at radius 1 is 1.20 bits per heavy atom. The number of benzene rings is 1. The molecule has 9 heteroatoms. The van der Waals surface area contributed by atoms with Crippen LogP contribution in [0.15, 0.2) is 30.3 Å². The summed E-state index contributed by atoms with van der Waals surface area (Å²) in [5.41, 5.74) is 0.969. The fourth-order valence-electron chi connectivity index (χ4n) is 3.45. The van der Waals surface area contributed by atoms with E-state index in [-0.39, 0.29) is 43.1 Å². The van der Waals surface area contributed by atoms with Gasteiger partial charge in [-0.2, -0.15) is 5.10 Å². The van der Waals surface area contributed by atoms with Gasteiger partial charge in [-0.15, -0.1) is 0 Å². The zero-order chi connectivity index (χ0) is 22.3. The molecule has 1 aliphatic heterocycles. The number of fused-ring (bicyclic) bond motifs is 1. The van der Waals surface area contributed by atoms with Crippen molar-refractivity contribution in [2.45, 2.75) is 39.3 Å². The third-order valence-electron chi connectivity index (χ3n) is 4.89. The summed E-state index contributed by atoms with van der Waals surface area (Å²) in [4.78, 5) is 41.2. The highest BCUT2D eigenvalue weighted by atomic mass is 16.3. The minimum Gasteiger partial charge on any atom is -0.483 e. The molecule has 3 rings (SSSR count). The Bertz CT molecular complexity index is 864. The van der Waals surface area contributed by atoms with Crippen LogP contribution < -0.4 is 0 Å². The van der Waals surface area contributed by atoms with Crippen LogP contribution in [0.25, 0.3) is 11.4 Å². The van der Waals surface area contributed by atoms with Gasteiger partial charge in [0.05, 0.1) is 12.6 Å². The second-order valence-corrected chi connectivity index (χ2v) is 7.55. The average molecular weight is 415 g/mol. The minimum atomic E-state index is -0.250. The lowest BCUT2D eigenvalue weighted by Gasteiger charge is -2.37. The van der Waals surface area contributed by atoms with Crippen molar-refractivity contribution in [3.63, 3.8) is 0 Å². The molecule has 0 fully saturated rings. The summed E-state index contributed by atoms with van der Waals surface area (Å²) < 4.78 is 1.92. The van der Waals surface area contributed by atoms with Crippen LogP contribution in [-0.2, 0) is 20.9 Å². The Labute approximate surface area is 176 Å². The number of carbonyl (C=O) groups is 3. The molecule has 1 atom stereocenters. The van der Waals surface area contributed by atoms with Gasteiger partial charge < -0.3 is 14.9 Å². The molecule has 30 heavy (non-hydrogen) atoms. The molecule has 9 nitrogen and oxygen atoms in total. The number of nitrogens with zero attached hydrogens (tertiary/aromatic N) is 5. The van der Waals surface area contributed by atoms with Crippen molar-refractivity contribution in [1.82, 2.24) is 24.6 Å². The first-order chi connectivity index (χ1) is 14.3. The van der Waals surface area contributed by atoms with E-state index in [1.54, 1.807) is 14.1 Å². The van der Waals surface area contributed by atoms with Crippen LogP contribution in [-0.4, -0.2) is 68.6 Å². The zero-order valence-electron chi connectivity index (χ0n) is 17.9. The molecule has 0 bridgehead atoms. The fourth-order valence-corrected chi connectivity index (χ4v) is 3.45. The van der Waals surface area contributed by atoms with Crippen LogP contribution in [0, 0.1) is 5.92 Å². The van der Waals surface area contributed by atoms with Crippen LogP contribution in [0.1, 0.15) is 38.6 Å². The molecule has 0 aliphatic carbocycles. The Hall–Kier alpha value is -3.23. The highest BCUT2D eigenvalue weighted by Gasteiger charge is 2.35. The van der Waals surface area contributed by atoms with Crippen molar-refractivity contribution in [3.05, 3.63) is 36.2 Å². The lowest BCUT2D eigenvalue weighted by Crippen LogP contribution is -2.44. The van der Waals surface area contributed by atoms with Gasteiger partial charge in [-0.05, 0) is 5.92 Å². The lowest BCUT2D eigenvalue weighted by molar-refractivity contribution is -0.139. The van der Waals surface area contributed by atoms with Gasteiger partial charge in [0.25, 0.3) is 6.47 Å². The molecule has 0 saturated heterocycles. The Balaban J connectivity index is 0.00000101. The van der Waals surface area contributed by atoms with Crippen LogP contribution in [0.2, 0.25) is 0 Å². The van der Waals surface area contributed by atoms with Crippen molar-refractivity contribution in [3.8, 4) is 11.4 Å². The van der Waals surface area contributed by atoms with E-state index in [4.69, 9.17) is 14.9 Å². The molecule has 1 aromatic heterocycles. The normalized spacial score (nSPS) is 15.1. The lowest BCUT2D eigenvalue weighted by atomic mass is 9.99. The van der Waals surface area contributed by atoms with Gasteiger partial charge in [-0.25, -0.2) is 9.67 Å². The van der Waals surface area contributed by atoms with Crippen LogP contribution >= 0.6 is 0 Å². The molecule has 1 N–H and O–H groups in total. The third kappa shape index (κ3) is 5.43. The predicted molar refractivity (Wildman–Crippen MR) is 111 cm³/mol.